The lowest BCUT2D eigenvalue weighted by Gasteiger charge is -2.25. The first-order valence-corrected chi connectivity index (χ1v) is 6.51. The standard InChI is InChI=1S/C14H17N3O2/c1-19-10-13(14(18)8-4-5-9-14)17-12-7-3-2-6-11(12)15-16-17/h2-3,6-7,10,18H,4-5,8-9H2,1H3/b13-10+. The van der Waals surface area contributed by atoms with Crippen LogP contribution in [0, 0.1) is 0 Å². The fourth-order valence-corrected chi connectivity index (χ4v) is 2.73. The molecule has 0 atom stereocenters. The summed E-state index contributed by atoms with van der Waals surface area (Å²) in [5.41, 5.74) is 1.49. The van der Waals surface area contributed by atoms with Crippen LogP contribution >= 0.6 is 0 Å². The van der Waals surface area contributed by atoms with E-state index in [2.05, 4.69) is 10.3 Å². The summed E-state index contributed by atoms with van der Waals surface area (Å²) < 4.78 is 6.83. The average Bonchev–Trinajstić information content (AvgIpc) is 3.03. The van der Waals surface area contributed by atoms with Crippen LogP contribution in [0.15, 0.2) is 30.5 Å². The van der Waals surface area contributed by atoms with Gasteiger partial charge in [0.25, 0.3) is 0 Å². The number of para-hydroxylation sites is 1. The Kier molecular flexibility index (Phi) is 2.98. The van der Waals surface area contributed by atoms with Crippen molar-refractivity contribution in [3.05, 3.63) is 30.5 Å². The molecule has 0 radical (unpaired) electrons. The van der Waals surface area contributed by atoms with Crippen molar-refractivity contribution < 1.29 is 9.84 Å². The third-order valence-electron chi connectivity index (χ3n) is 3.72. The van der Waals surface area contributed by atoms with E-state index in [1.807, 2.05) is 24.3 Å². The first-order chi connectivity index (χ1) is 9.24. The van der Waals surface area contributed by atoms with Crippen LogP contribution in [0.4, 0.5) is 0 Å². The molecule has 1 aliphatic rings. The van der Waals surface area contributed by atoms with Crippen molar-refractivity contribution in [2.24, 2.45) is 0 Å². The lowest BCUT2D eigenvalue weighted by atomic mass is 9.98. The minimum Gasteiger partial charge on any atom is -0.502 e. The highest BCUT2D eigenvalue weighted by Crippen LogP contribution is 2.38. The largest absolute Gasteiger partial charge is 0.502 e. The molecule has 0 amide bonds. The molecule has 1 heterocycles. The first-order valence-electron chi connectivity index (χ1n) is 6.51. The van der Waals surface area contributed by atoms with E-state index < -0.39 is 5.60 Å². The molecule has 1 aliphatic carbocycles. The highest BCUT2D eigenvalue weighted by atomic mass is 16.5. The number of hydrogen-bond donors (Lipinski definition) is 1. The number of fused-ring (bicyclic) bond motifs is 1. The summed E-state index contributed by atoms with van der Waals surface area (Å²) in [5.74, 6) is 0. The van der Waals surface area contributed by atoms with Gasteiger partial charge in [-0.15, -0.1) is 5.10 Å². The molecule has 0 bridgehead atoms. The van der Waals surface area contributed by atoms with Crippen molar-refractivity contribution >= 4 is 16.7 Å². The monoisotopic (exact) mass is 259 g/mol. The minimum absolute atomic E-state index is 0.668. The van der Waals surface area contributed by atoms with Crippen LogP contribution < -0.4 is 0 Å². The highest BCUT2D eigenvalue weighted by Gasteiger charge is 2.37. The van der Waals surface area contributed by atoms with E-state index in [4.69, 9.17) is 4.74 Å². The van der Waals surface area contributed by atoms with Crippen molar-refractivity contribution in [2.75, 3.05) is 7.11 Å². The Balaban J connectivity index is 2.13. The zero-order chi connectivity index (χ0) is 13.3. The third-order valence-corrected chi connectivity index (χ3v) is 3.72. The molecule has 5 heteroatoms. The molecule has 1 saturated carbocycles. The van der Waals surface area contributed by atoms with Gasteiger partial charge in [0.1, 0.15) is 23.1 Å². The Bertz CT molecular complexity index is 612. The van der Waals surface area contributed by atoms with Gasteiger partial charge < -0.3 is 9.84 Å². The molecule has 1 aromatic carbocycles. The van der Waals surface area contributed by atoms with E-state index in [0.717, 1.165) is 36.7 Å². The van der Waals surface area contributed by atoms with Crippen LogP contribution in [0.25, 0.3) is 16.7 Å². The van der Waals surface area contributed by atoms with Gasteiger partial charge in [-0.05, 0) is 25.0 Å². The molecule has 100 valence electrons. The van der Waals surface area contributed by atoms with Gasteiger partial charge in [-0.25, -0.2) is 4.68 Å². The van der Waals surface area contributed by atoms with Gasteiger partial charge in [-0.2, -0.15) is 0 Å². The molecule has 0 aliphatic heterocycles. The van der Waals surface area contributed by atoms with Crippen LogP contribution in [0.3, 0.4) is 0 Å². The number of ether oxygens (including phenoxy) is 1. The van der Waals surface area contributed by atoms with E-state index in [1.54, 1.807) is 18.1 Å². The Hall–Kier alpha value is -1.88. The fourth-order valence-electron chi connectivity index (χ4n) is 2.73. The summed E-state index contributed by atoms with van der Waals surface area (Å²) in [6.45, 7) is 0. The van der Waals surface area contributed by atoms with Crippen molar-refractivity contribution in [3.63, 3.8) is 0 Å². The van der Waals surface area contributed by atoms with Crippen molar-refractivity contribution in [1.29, 1.82) is 0 Å². The van der Waals surface area contributed by atoms with Crippen LogP contribution in [-0.4, -0.2) is 32.8 Å². The summed E-state index contributed by atoms with van der Waals surface area (Å²) in [6.07, 6.45) is 5.08. The van der Waals surface area contributed by atoms with Gasteiger partial charge in [0.05, 0.1) is 12.6 Å². The quantitative estimate of drug-likeness (QED) is 0.858. The van der Waals surface area contributed by atoms with E-state index >= 15 is 0 Å². The van der Waals surface area contributed by atoms with Gasteiger partial charge in [-0.3, -0.25) is 0 Å². The Morgan fingerprint density at radius 1 is 1.37 bits per heavy atom. The molecule has 0 spiro atoms. The van der Waals surface area contributed by atoms with E-state index in [-0.39, 0.29) is 0 Å². The molecule has 1 fully saturated rings. The van der Waals surface area contributed by atoms with E-state index in [0.29, 0.717) is 5.70 Å². The molecular formula is C14H17N3O2. The number of benzene rings is 1. The van der Waals surface area contributed by atoms with E-state index in [9.17, 15) is 5.11 Å². The average molecular weight is 259 g/mol. The normalized spacial score (nSPS) is 18.9. The maximum atomic E-state index is 10.8. The van der Waals surface area contributed by atoms with Crippen molar-refractivity contribution in [3.8, 4) is 0 Å². The second-order valence-corrected chi connectivity index (χ2v) is 4.97. The second kappa shape index (κ2) is 4.66. The summed E-state index contributed by atoms with van der Waals surface area (Å²) in [5, 5.41) is 19.1. The lowest BCUT2D eigenvalue weighted by molar-refractivity contribution is 0.100. The summed E-state index contributed by atoms with van der Waals surface area (Å²) in [4.78, 5) is 0. The minimum atomic E-state index is -0.869. The predicted octanol–water partition coefficient (Wildman–Crippen LogP) is 2.18. The second-order valence-electron chi connectivity index (χ2n) is 4.97. The smallest absolute Gasteiger partial charge is 0.113 e. The van der Waals surface area contributed by atoms with Crippen LogP contribution in [0.5, 0.6) is 0 Å². The topological polar surface area (TPSA) is 60.2 Å². The van der Waals surface area contributed by atoms with Crippen molar-refractivity contribution in [2.45, 2.75) is 31.3 Å². The van der Waals surface area contributed by atoms with Gasteiger partial charge in [0, 0.05) is 0 Å². The van der Waals surface area contributed by atoms with Gasteiger partial charge in [-0.1, -0.05) is 30.2 Å². The summed E-state index contributed by atoms with van der Waals surface area (Å²) >= 11 is 0. The molecule has 1 aromatic heterocycles. The number of aliphatic hydroxyl groups is 1. The van der Waals surface area contributed by atoms with Gasteiger partial charge >= 0.3 is 0 Å². The fraction of sp³-hybridized carbons (Fsp3) is 0.429. The molecule has 0 unspecified atom stereocenters. The molecular weight excluding hydrogens is 242 g/mol. The molecule has 1 N–H and O–H groups in total. The lowest BCUT2D eigenvalue weighted by Crippen LogP contribution is -2.30. The highest BCUT2D eigenvalue weighted by molar-refractivity contribution is 5.78. The molecule has 0 saturated heterocycles. The Morgan fingerprint density at radius 3 is 2.84 bits per heavy atom. The maximum Gasteiger partial charge on any atom is 0.113 e. The number of rotatable bonds is 3. The zero-order valence-electron chi connectivity index (χ0n) is 10.9. The van der Waals surface area contributed by atoms with Gasteiger partial charge in [0.2, 0.25) is 0 Å². The van der Waals surface area contributed by atoms with Crippen LogP contribution in [0.2, 0.25) is 0 Å². The van der Waals surface area contributed by atoms with Crippen molar-refractivity contribution in [1.82, 2.24) is 15.0 Å². The first kappa shape index (κ1) is 12.2. The Labute approximate surface area is 111 Å². The number of methoxy groups -OCH3 is 1. The molecule has 19 heavy (non-hydrogen) atoms. The third kappa shape index (κ3) is 2.00. The summed E-state index contributed by atoms with van der Waals surface area (Å²) in [6, 6.07) is 7.70. The van der Waals surface area contributed by atoms with E-state index in [1.165, 1.54) is 0 Å². The maximum absolute atomic E-state index is 10.8. The molecule has 2 aromatic rings. The SMILES string of the molecule is CO/C=C(/n1nnc2ccccc21)C1(O)CCCC1. The predicted molar refractivity (Wildman–Crippen MR) is 72.2 cm³/mol. The number of aromatic nitrogens is 3. The number of nitrogens with zero attached hydrogens (tertiary/aromatic N) is 3. The van der Waals surface area contributed by atoms with Crippen LogP contribution in [-0.2, 0) is 4.74 Å². The zero-order valence-corrected chi connectivity index (χ0v) is 10.9. The van der Waals surface area contributed by atoms with Gasteiger partial charge in [0.15, 0.2) is 0 Å². The Morgan fingerprint density at radius 2 is 2.11 bits per heavy atom. The number of hydrogen-bond acceptors (Lipinski definition) is 4. The summed E-state index contributed by atoms with van der Waals surface area (Å²) in [7, 11) is 1.58. The molecule has 3 rings (SSSR count). The van der Waals surface area contributed by atoms with Crippen LogP contribution in [0.1, 0.15) is 25.7 Å². The molecule has 5 nitrogen and oxygen atoms in total.